The van der Waals surface area contributed by atoms with Crippen LogP contribution in [-0.4, -0.2) is 60.4 Å². The van der Waals surface area contributed by atoms with Gasteiger partial charge in [-0.1, -0.05) is 66.5 Å². The minimum atomic E-state index is -0.331. The van der Waals surface area contributed by atoms with Crippen molar-refractivity contribution in [2.75, 3.05) is 32.7 Å². The summed E-state index contributed by atoms with van der Waals surface area (Å²) < 4.78 is 0. The quantitative estimate of drug-likeness (QED) is 0.669. The molecule has 1 N–H and O–H groups in total. The van der Waals surface area contributed by atoms with Gasteiger partial charge in [-0.3, -0.25) is 14.5 Å². The second-order valence-corrected chi connectivity index (χ2v) is 10.5. The molecule has 1 spiro atoms. The van der Waals surface area contributed by atoms with E-state index in [9.17, 15) is 9.59 Å². The van der Waals surface area contributed by atoms with E-state index in [0.717, 1.165) is 32.5 Å². The van der Waals surface area contributed by atoms with Crippen LogP contribution in [0.2, 0.25) is 10.0 Å². The van der Waals surface area contributed by atoms with Crippen LogP contribution in [-0.2, 0) is 10.2 Å². The molecule has 0 unspecified atom stereocenters. The van der Waals surface area contributed by atoms with Crippen molar-refractivity contribution in [3.8, 4) is 0 Å². The van der Waals surface area contributed by atoms with E-state index in [4.69, 9.17) is 23.2 Å². The van der Waals surface area contributed by atoms with Gasteiger partial charge in [-0.15, -0.1) is 0 Å². The third kappa shape index (κ3) is 4.26. The highest BCUT2D eigenvalue weighted by Gasteiger charge is 2.45. The molecular formula is C27H29Cl2N3O2. The summed E-state index contributed by atoms with van der Waals surface area (Å²) in [5.41, 5.74) is 3.34. The second-order valence-electron chi connectivity index (χ2n) is 9.70. The molecule has 5 nitrogen and oxygen atoms in total. The molecule has 178 valence electrons. The zero-order chi connectivity index (χ0) is 23.9. The molecule has 0 bridgehead atoms. The molecule has 0 radical (unpaired) electrons. The fraction of sp³-hybridized carbons (Fsp3) is 0.407. The third-order valence-electron chi connectivity index (χ3n) is 7.84. The maximum atomic E-state index is 12.8. The predicted molar refractivity (Wildman–Crippen MR) is 136 cm³/mol. The lowest BCUT2D eigenvalue weighted by atomic mass is 9.68. The van der Waals surface area contributed by atoms with Crippen molar-refractivity contribution in [2.45, 2.75) is 31.2 Å². The summed E-state index contributed by atoms with van der Waals surface area (Å²) in [5, 5.41) is 3.42. The number of hydrogen-bond acceptors (Lipinski definition) is 3. The van der Waals surface area contributed by atoms with Gasteiger partial charge >= 0.3 is 0 Å². The van der Waals surface area contributed by atoms with E-state index in [2.05, 4.69) is 53.6 Å². The highest BCUT2D eigenvalue weighted by molar-refractivity contribution is 6.42. The summed E-state index contributed by atoms with van der Waals surface area (Å²) in [7, 11) is 0. The normalized spacial score (nSPS) is 26.1. The van der Waals surface area contributed by atoms with Gasteiger partial charge in [0.05, 0.1) is 16.6 Å². The smallest absolute Gasteiger partial charge is 0.251 e. The minimum absolute atomic E-state index is 0.0209. The molecule has 1 aliphatic carbocycles. The molecule has 3 atom stereocenters. The highest BCUT2D eigenvalue weighted by atomic mass is 35.5. The van der Waals surface area contributed by atoms with E-state index in [0.29, 0.717) is 34.1 Å². The number of hydrogen-bond donors (Lipinski definition) is 1. The van der Waals surface area contributed by atoms with Gasteiger partial charge in [-0.2, -0.15) is 0 Å². The summed E-state index contributed by atoms with van der Waals surface area (Å²) in [6.45, 7) is 5.84. The number of fused-ring (bicyclic) bond motifs is 2. The summed E-state index contributed by atoms with van der Waals surface area (Å²) >= 11 is 11.9. The molecule has 2 amide bonds. The lowest BCUT2D eigenvalue weighted by molar-refractivity contribution is -0.129. The first-order valence-electron chi connectivity index (χ1n) is 11.9. The number of carbonyl (C=O) groups is 2. The van der Waals surface area contributed by atoms with E-state index in [1.807, 2.05) is 4.90 Å². The molecular weight excluding hydrogens is 469 g/mol. The van der Waals surface area contributed by atoms with Crippen LogP contribution in [0, 0.1) is 5.92 Å². The summed E-state index contributed by atoms with van der Waals surface area (Å²) in [6, 6.07) is 13.8. The van der Waals surface area contributed by atoms with Gasteiger partial charge in [0.1, 0.15) is 0 Å². The first-order valence-corrected chi connectivity index (χ1v) is 12.7. The Kier molecular flexibility index (Phi) is 6.45. The van der Waals surface area contributed by atoms with Crippen molar-refractivity contribution < 1.29 is 9.59 Å². The molecule has 7 heteroatoms. The van der Waals surface area contributed by atoms with Gasteiger partial charge in [0, 0.05) is 36.7 Å². The molecule has 3 aliphatic rings. The van der Waals surface area contributed by atoms with Gasteiger partial charge in [0.2, 0.25) is 5.91 Å². The Morgan fingerprint density at radius 2 is 1.91 bits per heavy atom. The van der Waals surface area contributed by atoms with Gasteiger partial charge in [0.25, 0.3) is 5.91 Å². The van der Waals surface area contributed by atoms with Gasteiger partial charge in [0.15, 0.2) is 0 Å². The predicted octanol–water partition coefficient (Wildman–Crippen LogP) is 4.63. The van der Waals surface area contributed by atoms with Gasteiger partial charge in [-0.05, 0) is 54.6 Å². The number of nitrogens with zero attached hydrogens (tertiary/aromatic N) is 2. The first-order chi connectivity index (χ1) is 16.4. The molecule has 0 aromatic heterocycles. The molecule has 2 fully saturated rings. The number of benzene rings is 2. The van der Waals surface area contributed by atoms with E-state index in [-0.39, 0.29) is 23.8 Å². The van der Waals surface area contributed by atoms with Crippen molar-refractivity contribution in [1.82, 2.24) is 15.1 Å². The zero-order valence-electron chi connectivity index (χ0n) is 19.3. The van der Waals surface area contributed by atoms with Crippen LogP contribution in [0.5, 0.6) is 0 Å². The molecule has 2 aromatic carbocycles. The SMILES string of the molecule is C[C@H]1CN([C@H]2CCN(C(=O)CNC(=O)c3ccc(Cl)c(Cl)c3)C2)CC[C@@]12C=Cc1ccccc12. The number of nitrogens with one attached hydrogen (secondary N) is 1. The topological polar surface area (TPSA) is 52.6 Å². The maximum absolute atomic E-state index is 12.8. The van der Waals surface area contributed by atoms with E-state index in [1.54, 1.807) is 12.1 Å². The highest BCUT2D eigenvalue weighted by Crippen LogP contribution is 2.47. The second kappa shape index (κ2) is 9.37. The van der Waals surface area contributed by atoms with Gasteiger partial charge < -0.3 is 10.2 Å². The average molecular weight is 498 g/mol. The Morgan fingerprint density at radius 1 is 1.09 bits per heavy atom. The molecule has 0 saturated carbocycles. The molecule has 2 heterocycles. The standard InChI is InChI=1S/C27H29Cl2N3O2/c1-18-16-31(13-11-27(18)10-8-19-4-2-3-5-22(19)27)21-9-12-32(17-21)25(33)15-30-26(34)20-6-7-23(28)24(29)14-20/h2-8,10,14,18,21H,9,11-13,15-17H2,1H3,(H,30,34)/t18-,21-,27-/m0/s1. The van der Waals surface area contributed by atoms with Crippen LogP contribution in [0.15, 0.2) is 48.5 Å². The van der Waals surface area contributed by atoms with Gasteiger partial charge in [-0.25, -0.2) is 0 Å². The zero-order valence-corrected chi connectivity index (χ0v) is 20.8. The van der Waals surface area contributed by atoms with E-state index >= 15 is 0 Å². The Balaban J connectivity index is 1.14. The van der Waals surface area contributed by atoms with E-state index in [1.165, 1.54) is 17.2 Å². The average Bonchev–Trinajstić information content (AvgIpc) is 3.48. The number of likely N-dealkylation sites (tertiary alicyclic amines) is 2. The third-order valence-corrected chi connectivity index (χ3v) is 8.58. The first kappa shape index (κ1) is 23.4. The number of halogens is 2. The van der Waals surface area contributed by atoms with E-state index < -0.39 is 0 Å². The monoisotopic (exact) mass is 497 g/mol. The van der Waals surface area contributed by atoms with Crippen LogP contribution in [0.25, 0.3) is 6.08 Å². The number of carbonyl (C=O) groups excluding carboxylic acids is 2. The molecule has 2 aliphatic heterocycles. The Labute approximate surface area is 210 Å². The van der Waals surface area contributed by atoms with Crippen molar-refractivity contribution in [2.24, 2.45) is 5.92 Å². The Bertz CT molecular complexity index is 1150. The van der Waals surface area contributed by atoms with Crippen LogP contribution in [0.1, 0.15) is 41.3 Å². The lowest BCUT2D eigenvalue weighted by Gasteiger charge is -2.46. The minimum Gasteiger partial charge on any atom is -0.343 e. The lowest BCUT2D eigenvalue weighted by Crippen LogP contribution is -2.51. The number of rotatable bonds is 4. The van der Waals surface area contributed by atoms with Crippen LogP contribution in [0.3, 0.4) is 0 Å². The molecule has 5 rings (SSSR count). The summed E-state index contributed by atoms with van der Waals surface area (Å²) in [4.78, 5) is 29.6. The Hall–Kier alpha value is -2.34. The van der Waals surface area contributed by atoms with Crippen LogP contribution in [0.4, 0.5) is 0 Å². The summed E-state index contributed by atoms with van der Waals surface area (Å²) in [6.07, 6.45) is 6.77. The number of piperidine rings is 1. The largest absolute Gasteiger partial charge is 0.343 e. The van der Waals surface area contributed by atoms with Crippen molar-refractivity contribution in [3.05, 3.63) is 75.3 Å². The maximum Gasteiger partial charge on any atom is 0.251 e. The summed E-state index contributed by atoms with van der Waals surface area (Å²) in [5.74, 6) is 0.129. The molecule has 34 heavy (non-hydrogen) atoms. The fourth-order valence-electron chi connectivity index (χ4n) is 5.83. The Morgan fingerprint density at radius 3 is 2.71 bits per heavy atom. The van der Waals surface area contributed by atoms with Crippen LogP contribution >= 0.6 is 23.2 Å². The van der Waals surface area contributed by atoms with Crippen LogP contribution < -0.4 is 5.32 Å². The number of allylic oxidation sites excluding steroid dienone is 1. The fourth-order valence-corrected chi connectivity index (χ4v) is 6.13. The van der Waals surface area contributed by atoms with Crippen molar-refractivity contribution in [3.63, 3.8) is 0 Å². The number of amides is 2. The van der Waals surface area contributed by atoms with Crippen molar-refractivity contribution >= 4 is 41.1 Å². The van der Waals surface area contributed by atoms with Crippen molar-refractivity contribution in [1.29, 1.82) is 0 Å². The molecule has 2 aromatic rings. The molecule has 2 saturated heterocycles.